The summed E-state index contributed by atoms with van der Waals surface area (Å²) >= 11 is 0. The zero-order chi connectivity index (χ0) is 15.5. The molecule has 1 aliphatic heterocycles. The van der Waals surface area contributed by atoms with Crippen LogP contribution >= 0.6 is 0 Å². The highest BCUT2D eigenvalue weighted by atomic mass is 32.2. The molecule has 0 saturated carbocycles. The van der Waals surface area contributed by atoms with Gasteiger partial charge >= 0.3 is 0 Å². The molecular formula is C12H20N4O4S. The number of amides is 1. The van der Waals surface area contributed by atoms with E-state index in [1.165, 1.54) is 10.6 Å². The lowest BCUT2D eigenvalue weighted by Gasteiger charge is -2.32. The Balaban J connectivity index is 1.71. The number of sulfonamides is 1. The molecule has 9 heteroatoms. The second kappa shape index (κ2) is 6.54. The summed E-state index contributed by atoms with van der Waals surface area (Å²) in [6, 6.07) is 1.66. The summed E-state index contributed by atoms with van der Waals surface area (Å²) in [5.41, 5.74) is 0. The van der Waals surface area contributed by atoms with Gasteiger partial charge < -0.3 is 14.7 Å². The number of aromatic nitrogens is 1. The van der Waals surface area contributed by atoms with Gasteiger partial charge in [-0.2, -0.15) is 4.31 Å². The number of anilines is 1. The van der Waals surface area contributed by atoms with Crippen molar-refractivity contribution in [3.8, 4) is 0 Å². The Bertz CT molecular complexity index is 590. The molecular weight excluding hydrogens is 296 g/mol. The number of nitrogens with zero attached hydrogens (tertiary/aromatic N) is 3. The molecule has 2 heterocycles. The van der Waals surface area contributed by atoms with Crippen molar-refractivity contribution in [2.75, 3.05) is 44.3 Å². The first-order valence-corrected chi connectivity index (χ1v) is 8.60. The highest BCUT2D eigenvalue weighted by molar-refractivity contribution is 7.88. The van der Waals surface area contributed by atoms with E-state index in [1.807, 2.05) is 0 Å². The molecule has 2 rings (SSSR count). The molecule has 0 radical (unpaired) electrons. The van der Waals surface area contributed by atoms with Crippen LogP contribution in [-0.4, -0.2) is 67.7 Å². The first-order valence-electron chi connectivity index (χ1n) is 6.75. The quantitative estimate of drug-likeness (QED) is 0.814. The van der Waals surface area contributed by atoms with E-state index >= 15 is 0 Å². The maximum atomic E-state index is 11.8. The van der Waals surface area contributed by atoms with E-state index in [9.17, 15) is 13.2 Å². The van der Waals surface area contributed by atoms with Gasteiger partial charge in [0.2, 0.25) is 15.9 Å². The average molecular weight is 316 g/mol. The molecule has 1 fully saturated rings. The van der Waals surface area contributed by atoms with E-state index in [2.05, 4.69) is 15.4 Å². The SMILES string of the molecule is Cc1cc(NC(=O)CCN2CCN(S(C)(=O)=O)CC2)no1. The Labute approximate surface area is 124 Å². The molecule has 1 N–H and O–H groups in total. The number of aryl methyl sites for hydroxylation is 1. The second-order valence-electron chi connectivity index (χ2n) is 5.12. The normalized spacial score (nSPS) is 17.8. The minimum absolute atomic E-state index is 0.131. The standard InChI is InChI=1S/C12H20N4O4S/c1-10-9-11(14-20-10)13-12(17)3-4-15-5-7-16(8-6-15)21(2,18)19/h9H,3-8H2,1-2H3,(H,13,14,17). The molecule has 1 saturated heterocycles. The van der Waals surface area contributed by atoms with Crippen LogP contribution < -0.4 is 5.32 Å². The molecule has 1 aliphatic rings. The summed E-state index contributed by atoms with van der Waals surface area (Å²) in [6.45, 7) is 4.59. The van der Waals surface area contributed by atoms with Gasteiger partial charge in [0.25, 0.3) is 0 Å². The van der Waals surface area contributed by atoms with Crippen LogP contribution in [0.5, 0.6) is 0 Å². The van der Waals surface area contributed by atoms with Crippen LogP contribution in [0.4, 0.5) is 5.82 Å². The van der Waals surface area contributed by atoms with Crippen molar-refractivity contribution < 1.29 is 17.7 Å². The first-order chi connectivity index (χ1) is 9.84. The van der Waals surface area contributed by atoms with Gasteiger partial charge in [0, 0.05) is 45.2 Å². The number of hydrogen-bond acceptors (Lipinski definition) is 6. The fraction of sp³-hybridized carbons (Fsp3) is 0.667. The summed E-state index contributed by atoms with van der Waals surface area (Å²) in [5, 5.41) is 6.35. The third-order valence-corrected chi connectivity index (χ3v) is 4.65. The minimum Gasteiger partial charge on any atom is -0.360 e. The molecule has 0 aliphatic carbocycles. The molecule has 118 valence electrons. The summed E-state index contributed by atoms with van der Waals surface area (Å²) < 4.78 is 29.1. The summed E-state index contributed by atoms with van der Waals surface area (Å²) in [7, 11) is -3.11. The fourth-order valence-electron chi connectivity index (χ4n) is 2.18. The van der Waals surface area contributed by atoms with E-state index in [4.69, 9.17) is 4.52 Å². The van der Waals surface area contributed by atoms with Gasteiger partial charge in [-0.3, -0.25) is 4.79 Å². The Hall–Kier alpha value is -1.45. The third-order valence-electron chi connectivity index (χ3n) is 3.35. The lowest BCUT2D eigenvalue weighted by Crippen LogP contribution is -2.48. The Morgan fingerprint density at radius 2 is 2.05 bits per heavy atom. The van der Waals surface area contributed by atoms with Gasteiger partial charge in [-0.1, -0.05) is 5.16 Å². The fourth-order valence-corrected chi connectivity index (χ4v) is 3.00. The summed E-state index contributed by atoms with van der Waals surface area (Å²) in [4.78, 5) is 13.8. The number of carbonyl (C=O) groups excluding carboxylic acids is 1. The topological polar surface area (TPSA) is 95.8 Å². The first kappa shape index (κ1) is 15.9. The number of carbonyl (C=O) groups is 1. The van der Waals surface area contributed by atoms with Crippen molar-refractivity contribution in [3.05, 3.63) is 11.8 Å². The maximum absolute atomic E-state index is 11.8. The zero-order valence-electron chi connectivity index (χ0n) is 12.2. The summed E-state index contributed by atoms with van der Waals surface area (Å²) in [6.07, 6.45) is 1.56. The minimum atomic E-state index is -3.11. The van der Waals surface area contributed by atoms with Gasteiger partial charge in [-0.05, 0) is 6.92 Å². The van der Waals surface area contributed by atoms with Crippen molar-refractivity contribution in [1.29, 1.82) is 0 Å². The lowest BCUT2D eigenvalue weighted by atomic mass is 10.3. The van der Waals surface area contributed by atoms with E-state index in [1.54, 1.807) is 13.0 Å². The van der Waals surface area contributed by atoms with Crippen LogP contribution in [0.2, 0.25) is 0 Å². The van der Waals surface area contributed by atoms with Crippen molar-refractivity contribution in [3.63, 3.8) is 0 Å². The van der Waals surface area contributed by atoms with E-state index < -0.39 is 10.0 Å². The van der Waals surface area contributed by atoms with Gasteiger partial charge in [0.1, 0.15) is 5.76 Å². The molecule has 0 spiro atoms. The van der Waals surface area contributed by atoms with Crippen LogP contribution in [0, 0.1) is 6.92 Å². The molecule has 1 amide bonds. The number of hydrogen-bond donors (Lipinski definition) is 1. The van der Waals surface area contributed by atoms with Crippen molar-refractivity contribution in [1.82, 2.24) is 14.4 Å². The van der Waals surface area contributed by atoms with Crippen molar-refractivity contribution in [2.24, 2.45) is 0 Å². The van der Waals surface area contributed by atoms with Crippen LogP contribution in [0.3, 0.4) is 0 Å². The van der Waals surface area contributed by atoms with Crippen molar-refractivity contribution in [2.45, 2.75) is 13.3 Å². The Morgan fingerprint density at radius 3 is 2.57 bits per heavy atom. The molecule has 0 aromatic carbocycles. The molecule has 21 heavy (non-hydrogen) atoms. The Morgan fingerprint density at radius 1 is 1.38 bits per heavy atom. The predicted octanol–water partition coefficient (Wildman–Crippen LogP) is -0.111. The third kappa shape index (κ3) is 4.80. The smallest absolute Gasteiger partial charge is 0.226 e. The van der Waals surface area contributed by atoms with E-state index in [0.717, 1.165) is 0 Å². The largest absolute Gasteiger partial charge is 0.360 e. The molecule has 8 nitrogen and oxygen atoms in total. The second-order valence-corrected chi connectivity index (χ2v) is 7.11. The van der Waals surface area contributed by atoms with E-state index in [0.29, 0.717) is 50.7 Å². The number of nitrogens with one attached hydrogen (secondary N) is 1. The molecule has 0 unspecified atom stereocenters. The average Bonchev–Trinajstić information content (AvgIpc) is 2.81. The van der Waals surface area contributed by atoms with Crippen LogP contribution in [0.1, 0.15) is 12.2 Å². The van der Waals surface area contributed by atoms with Gasteiger partial charge in [-0.25, -0.2) is 8.42 Å². The monoisotopic (exact) mass is 316 g/mol. The molecule has 0 bridgehead atoms. The highest BCUT2D eigenvalue weighted by Crippen LogP contribution is 2.09. The molecule has 1 aromatic heterocycles. The molecule has 1 aromatic rings. The van der Waals surface area contributed by atoms with Crippen LogP contribution in [-0.2, 0) is 14.8 Å². The highest BCUT2D eigenvalue weighted by Gasteiger charge is 2.23. The Kier molecular flexibility index (Phi) is 4.96. The van der Waals surface area contributed by atoms with Crippen LogP contribution in [0.15, 0.2) is 10.6 Å². The number of rotatable bonds is 5. The van der Waals surface area contributed by atoms with Gasteiger partial charge in [0.15, 0.2) is 5.82 Å². The molecule has 0 atom stereocenters. The number of piperazine rings is 1. The van der Waals surface area contributed by atoms with E-state index in [-0.39, 0.29) is 5.91 Å². The van der Waals surface area contributed by atoms with Gasteiger partial charge in [-0.15, -0.1) is 0 Å². The van der Waals surface area contributed by atoms with Crippen LogP contribution in [0.25, 0.3) is 0 Å². The lowest BCUT2D eigenvalue weighted by molar-refractivity contribution is -0.116. The predicted molar refractivity (Wildman–Crippen MR) is 77.3 cm³/mol. The maximum Gasteiger partial charge on any atom is 0.226 e. The zero-order valence-corrected chi connectivity index (χ0v) is 13.0. The summed E-state index contributed by atoms with van der Waals surface area (Å²) in [5.74, 6) is 0.926. The van der Waals surface area contributed by atoms with Gasteiger partial charge in [0.05, 0.1) is 6.26 Å². The van der Waals surface area contributed by atoms with Crippen molar-refractivity contribution >= 4 is 21.7 Å².